The van der Waals surface area contributed by atoms with Crippen molar-refractivity contribution in [3.05, 3.63) is 20.8 Å². The molecule has 112 valence electrons. The minimum atomic E-state index is 0.274. The van der Waals surface area contributed by atoms with E-state index in [0.717, 1.165) is 15.2 Å². The van der Waals surface area contributed by atoms with Crippen LogP contribution >= 0.6 is 27.3 Å². The first-order valence-electron chi connectivity index (χ1n) is 7.59. The van der Waals surface area contributed by atoms with Crippen molar-refractivity contribution in [2.75, 3.05) is 13.1 Å². The highest BCUT2D eigenvalue weighted by Gasteiger charge is 2.25. The molecule has 0 atom stereocenters. The summed E-state index contributed by atoms with van der Waals surface area (Å²) in [5.74, 6) is 0.973. The zero-order valence-electron chi connectivity index (χ0n) is 12.4. The van der Waals surface area contributed by atoms with Crippen LogP contribution in [0.2, 0.25) is 0 Å². The van der Waals surface area contributed by atoms with E-state index in [4.69, 9.17) is 0 Å². The molecule has 0 spiro atoms. The van der Waals surface area contributed by atoms with E-state index in [9.17, 15) is 4.79 Å². The maximum absolute atomic E-state index is 12.4. The second-order valence-electron chi connectivity index (χ2n) is 6.12. The number of nitrogens with zero attached hydrogens (tertiary/aromatic N) is 1. The molecule has 1 aliphatic carbocycles. The Labute approximate surface area is 134 Å². The molecule has 2 nitrogen and oxygen atoms in total. The van der Waals surface area contributed by atoms with Gasteiger partial charge in [-0.3, -0.25) is 9.69 Å². The molecule has 1 aromatic rings. The van der Waals surface area contributed by atoms with Gasteiger partial charge in [0.05, 0.1) is 15.2 Å². The Morgan fingerprint density at radius 3 is 2.65 bits per heavy atom. The van der Waals surface area contributed by atoms with E-state index >= 15 is 0 Å². The van der Waals surface area contributed by atoms with E-state index < -0.39 is 0 Å². The van der Waals surface area contributed by atoms with Crippen LogP contribution in [-0.4, -0.2) is 29.8 Å². The molecule has 0 aromatic carbocycles. The van der Waals surface area contributed by atoms with Crippen molar-refractivity contribution in [1.29, 1.82) is 0 Å². The summed E-state index contributed by atoms with van der Waals surface area (Å²) in [4.78, 5) is 15.7. The summed E-state index contributed by atoms with van der Waals surface area (Å²) in [6, 6.07) is 4.53. The molecule has 0 saturated heterocycles. The van der Waals surface area contributed by atoms with Crippen LogP contribution in [0.5, 0.6) is 0 Å². The zero-order valence-corrected chi connectivity index (χ0v) is 14.8. The number of hydrogen-bond acceptors (Lipinski definition) is 3. The molecule has 0 radical (unpaired) electrons. The van der Waals surface area contributed by atoms with Crippen LogP contribution in [0.25, 0.3) is 0 Å². The molecule has 1 aliphatic rings. The van der Waals surface area contributed by atoms with Gasteiger partial charge in [0.25, 0.3) is 0 Å². The van der Waals surface area contributed by atoms with Gasteiger partial charge in [0.15, 0.2) is 5.78 Å². The molecule has 20 heavy (non-hydrogen) atoms. The fourth-order valence-electron chi connectivity index (χ4n) is 2.81. The normalized spacial score (nSPS) is 16.4. The van der Waals surface area contributed by atoms with Crippen LogP contribution in [0.15, 0.2) is 15.9 Å². The summed E-state index contributed by atoms with van der Waals surface area (Å²) in [5, 5.41) is 0. The Morgan fingerprint density at radius 2 is 2.10 bits per heavy atom. The Bertz CT molecular complexity index is 437. The molecular weight excluding hydrogens is 334 g/mol. The average molecular weight is 358 g/mol. The number of ketones is 1. The summed E-state index contributed by atoms with van der Waals surface area (Å²) < 4.78 is 1.04. The minimum Gasteiger partial charge on any atom is -0.293 e. The van der Waals surface area contributed by atoms with E-state index in [1.807, 2.05) is 12.1 Å². The SMILES string of the molecule is CC(C)CCN(CC(=O)c1ccc(Br)s1)C1CCCC1. The van der Waals surface area contributed by atoms with Crippen molar-refractivity contribution in [3.63, 3.8) is 0 Å². The third kappa shape index (κ3) is 4.68. The Morgan fingerprint density at radius 1 is 1.40 bits per heavy atom. The first kappa shape index (κ1) is 16.2. The predicted octanol–water partition coefficient (Wildman–Crippen LogP) is 4.98. The lowest BCUT2D eigenvalue weighted by Gasteiger charge is -2.28. The summed E-state index contributed by atoms with van der Waals surface area (Å²) >= 11 is 4.98. The van der Waals surface area contributed by atoms with Gasteiger partial charge in [-0.15, -0.1) is 11.3 Å². The monoisotopic (exact) mass is 357 g/mol. The second-order valence-corrected chi connectivity index (χ2v) is 8.58. The average Bonchev–Trinajstić information content (AvgIpc) is 3.04. The quantitative estimate of drug-likeness (QED) is 0.641. The number of hydrogen-bond donors (Lipinski definition) is 0. The number of carbonyl (C=O) groups excluding carboxylic acids is 1. The second kappa shape index (κ2) is 7.71. The van der Waals surface area contributed by atoms with Crippen LogP contribution in [0.4, 0.5) is 0 Å². The Kier molecular flexibility index (Phi) is 6.24. The van der Waals surface area contributed by atoms with Crippen LogP contribution in [0.3, 0.4) is 0 Å². The van der Waals surface area contributed by atoms with Gasteiger partial charge in [-0.05, 0) is 59.8 Å². The number of halogens is 1. The van der Waals surface area contributed by atoms with E-state index in [1.54, 1.807) is 11.3 Å². The van der Waals surface area contributed by atoms with Gasteiger partial charge in [0.2, 0.25) is 0 Å². The Hall–Kier alpha value is -0.190. The smallest absolute Gasteiger partial charge is 0.186 e. The van der Waals surface area contributed by atoms with Crippen molar-refractivity contribution >= 4 is 33.0 Å². The van der Waals surface area contributed by atoms with Crippen molar-refractivity contribution in [3.8, 4) is 0 Å². The molecule has 0 unspecified atom stereocenters. The number of carbonyl (C=O) groups is 1. The van der Waals surface area contributed by atoms with Gasteiger partial charge in [-0.1, -0.05) is 26.7 Å². The first-order chi connectivity index (χ1) is 9.56. The van der Waals surface area contributed by atoms with E-state index in [1.165, 1.54) is 32.1 Å². The molecule has 0 bridgehead atoms. The largest absolute Gasteiger partial charge is 0.293 e. The van der Waals surface area contributed by atoms with E-state index in [0.29, 0.717) is 18.5 Å². The fourth-order valence-corrected chi connectivity index (χ4v) is 4.13. The molecule has 0 amide bonds. The summed E-state index contributed by atoms with van der Waals surface area (Å²) in [6.45, 7) is 6.15. The highest BCUT2D eigenvalue weighted by Crippen LogP contribution is 2.26. The van der Waals surface area contributed by atoms with Crippen molar-refractivity contribution in [1.82, 2.24) is 4.90 Å². The maximum atomic E-state index is 12.4. The lowest BCUT2D eigenvalue weighted by molar-refractivity contribution is 0.0890. The molecule has 4 heteroatoms. The molecular formula is C16H24BrNOS. The topological polar surface area (TPSA) is 20.3 Å². The summed E-state index contributed by atoms with van der Waals surface area (Å²) in [7, 11) is 0. The molecule has 1 saturated carbocycles. The minimum absolute atomic E-state index is 0.274. The number of Topliss-reactive ketones (excluding diaryl/α,β-unsaturated/α-hetero) is 1. The molecule has 2 rings (SSSR count). The lowest BCUT2D eigenvalue weighted by atomic mass is 10.1. The summed E-state index contributed by atoms with van der Waals surface area (Å²) in [5.41, 5.74) is 0. The predicted molar refractivity (Wildman–Crippen MR) is 89.6 cm³/mol. The van der Waals surface area contributed by atoms with Crippen molar-refractivity contribution in [2.24, 2.45) is 5.92 Å². The number of thiophene rings is 1. The highest BCUT2D eigenvalue weighted by molar-refractivity contribution is 9.11. The molecule has 0 aliphatic heterocycles. The van der Waals surface area contributed by atoms with Crippen LogP contribution < -0.4 is 0 Å². The number of rotatable bonds is 7. The maximum Gasteiger partial charge on any atom is 0.186 e. The fraction of sp³-hybridized carbons (Fsp3) is 0.688. The van der Waals surface area contributed by atoms with E-state index in [-0.39, 0.29) is 5.78 Å². The van der Waals surface area contributed by atoms with Crippen molar-refractivity contribution < 1.29 is 4.79 Å². The molecule has 1 fully saturated rings. The van der Waals surface area contributed by atoms with Crippen LogP contribution in [-0.2, 0) is 0 Å². The van der Waals surface area contributed by atoms with Gasteiger partial charge in [-0.2, -0.15) is 0 Å². The van der Waals surface area contributed by atoms with Crippen LogP contribution in [0, 0.1) is 5.92 Å². The van der Waals surface area contributed by atoms with Gasteiger partial charge < -0.3 is 0 Å². The lowest BCUT2D eigenvalue weighted by Crippen LogP contribution is -2.38. The zero-order chi connectivity index (χ0) is 14.5. The third-order valence-corrected chi connectivity index (χ3v) is 5.69. The van der Waals surface area contributed by atoms with Gasteiger partial charge in [0.1, 0.15) is 0 Å². The van der Waals surface area contributed by atoms with Gasteiger partial charge in [-0.25, -0.2) is 0 Å². The summed E-state index contributed by atoms with van der Waals surface area (Å²) in [6.07, 6.45) is 6.35. The first-order valence-corrected chi connectivity index (χ1v) is 9.20. The third-order valence-electron chi connectivity index (χ3n) is 4.03. The van der Waals surface area contributed by atoms with E-state index in [2.05, 4.69) is 34.7 Å². The molecule has 0 N–H and O–H groups in total. The van der Waals surface area contributed by atoms with Gasteiger partial charge >= 0.3 is 0 Å². The van der Waals surface area contributed by atoms with Crippen LogP contribution in [0.1, 0.15) is 55.6 Å². The highest BCUT2D eigenvalue weighted by atomic mass is 79.9. The standard InChI is InChI=1S/C16H24BrNOS/c1-12(2)9-10-18(13-5-3-4-6-13)11-14(19)15-7-8-16(17)20-15/h7-8,12-13H,3-6,9-11H2,1-2H3. The van der Waals surface area contributed by atoms with Gasteiger partial charge in [0, 0.05) is 6.04 Å². The Balaban J connectivity index is 1.96. The molecule has 1 heterocycles. The molecule has 1 aromatic heterocycles. The van der Waals surface area contributed by atoms with Crippen molar-refractivity contribution in [2.45, 2.75) is 52.0 Å².